The monoisotopic (exact) mass is 264 g/mol. The number of nitrogens with zero attached hydrogens (tertiary/aromatic N) is 2. The van der Waals surface area contributed by atoms with Crippen LogP contribution in [-0.2, 0) is 9.59 Å². The van der Waals surface area contributed by atoms with Gasteiger partial charge in [-0.25, -0.2) is 0 Å². The van der Waals surface area contributed by atoms with Crippen LogP contribution in [0.4, 0.5) is 0 Å². The average Bonchev–Trinajstić information content (AvgIpc) is 2.39. The van der Waals surface area contributed by atoms with Gasteiger partial charge in [0, 0.05) is 38.0 Å². The third-order valence-corrected chi connectivity index (χ3v) is 4.99. The van der Waals surface area contributed by atoms with E-state index in [1.54, 1.807) is 0 Å². The van der Waals surface area contributed by atoms with Gasteiger partial charge in [0.25, 0.3) is 0 Å². The number of amides is 2. The molecule has 3 aliphatic rings. The molecule has 3 atom stereocenters. The number of likely N-dealkylation sites (tertiary alicyclic amines) is 1. The molecule has 4 nitrogen and oxygen atoms in total. The Labute approximate surface area is 115 Å². The molecule has 19 heavy (non-hydrogen) atoms. The van der Waals surface area contributed by atoms with E-state index >= 15 is 0 Å². The van der Waals surface area contributed by atoms with Crippen LogP contribution in [-0.4, -0.2) is 47.3 Å². The zero-order chi connectivity index (χ0) is 13.6. The van der Waals surface area contributed by atoms with Crippen molar-refractivity contribution in [2.45, 2.75) is 45.6 Å². The van der Waals surface area contributed by atoms with E-state index < -0.39 is 0 Å². The van der Waals surface area contributed by atoms with Crippen LogP contribution in [0.15, 0.2) is 0 Å². The van der Waals surface area contributed by atoms with Crippen molar-refractivity contribution in [1.82, 2.24) is 9.80 Å². The molecule has 0 spiro atoms. The molecule has 2 bridgehead atoms. The van der Waals surface area contributed by atoms with E-state index in [-0.39, 0.29) is 11.8 Å². The summed E-state index contributed by atoms with van der Waals surface area (Å²) in [6.07, 6.45) is 4.09. The Morgan fingerprint density at radius 1 is 1.26 bits per heavy atom. The third-order valence-electron chi connectivity index (χ3n) is 4.99. The fourth-order valence-electron chi connectivity index (χ4n) is 4.16. The average molecular weight is 264 g/mol. The second kappa shape index (κ2) is 4.80. The summed E-state index contributed by atoms with van der Waals surface area (Å²) in [5, 5.41) is 0. The smallest absolute Gasteiger partial charge is 0.225 e. The number of rotatable bonds is 1. The first-order chi connectivity index (χ1) is 9.06. The van der Waals surface area contributed by atoms with Gasteiger partial charge >= 0.3 is 0 Å². The zero-order valence-electron chi connectivity index (χ0n) is 12.0. The third kappa shape index (κ3) is 2.26. The minimum Gasteiger partial charge on any atom is -0.342 e. The van der Waals surface area contributed by atoms with Crippen molar-refractivity contribution in [3.63, 3.8) is 0 Å². The van der Waals surface area contributed by atoms with Crippen LogP contribution in [0.2, 0.25) is 0 Å². The highest BCUT2D eigenvalue weighted by Crippen LogP contribution is 2.38. The molecule has 0 saturated carbocycles. The number of fused-ring (bicyclic) bond motifs is 4. The van der Waals surface area contributed by atoms with E-state index in [4.69, 9.17) is 0 Å². The lowest BCUT2D eigenvalue weighted by Crippen LogP contribution is -2.61. The lowest BCUT2D eigenvalue weighted by Gasteiger charge is -2.52. The molecule has 3 heterocycles. The van der Waals surface area contributed by atoms with Crippen LogP contribution < -0.4 is 0 Å². The number of hydrogen-bond acceptors (Lipinski definition) is 2. The van der Waals surface area contributed by atoms with Crippen molar-refractivity contribution >= 4 is 11.8 Å². The van der Waals surface area contributed by atoms with Crippen LogP contribution in [0, 0.1) is 17.8 Å². The number of piperidine rings is 3. The molecule has 0 aliphatic carbocycles. The van der Waals surface area contributed by atoms with Gasteiger partial charge in [0.1, 0.15) is 0 Å². The van der Waals surface area contributed by atoms with Gasteiger partial charge in [-0.05, 0) is 31.1 Å². The number of carbonyl (C=O) groups excluding carboxylic acids is 2. The van der Waals surface area contributed by atoms with Gasteiger partial charge in [0.05, 0.1) is 0 Å². The molecule has 1 unspecified atom stereocenters. The summed E-state index contributed by atoms with van der Waals surface area (Å²) in [5.74, 6) is 1.72. The van der Waals surface area contributed by atoms with Gasteiger partial charge in [-0.15, -0.1) is 0 Å². The summed E-state index contributed by atoms with van der Waals surface area (Å²) in [5.41, 5.74) is 0. The van der Waals surface area contributed by atoms with Gasteiger partial charge in [-0.3, -0.25) is 9.59 Å². The Hall–Kier alpha value is -1.06. The first-order valence-electron chi connectivity index (χ1n) is 7.64. The van der Waals surface area contributed by atoms with Crippen molar-refractivity contribution in [3.05, 3.63) is 0 Å². The SMILES string of the molecule is CC(C)C(=O)N1CC2C[C@H](C1)[C@@H]1CCCC(=O)N1C2. The Kier molecular flexibility index (Phi) is 3.27. The van der Waals surface area contributed by atoms with Crippen LogP contribution in [0.1, 0.15) is 39.5 Å². The maximum atomic E-state index is 12.2. The van der Waals surface area contributed by atoms with Crippen molar-refractivity contribution in [2.75, 3.05) is 19.6 Å². The molecule has 2 amide bonds. The Morgan fingerprint density at radius 2 is 2.05 bits per heavy atom. The Balaban J connectivity index is 1.75. The number of carbonyl (C=O) groups is 2. The highest BCUT2D eigenvalue weighted by molar-refractivity contribution is 5.79. The van der Waals surface area contributed by atoms with E-state index in [1.165, 1.54) is 6.42 Å². The van der Waals surface area contributed by atoms with Crippen LogP contribution >= 0.6 is 0 Å². The van der Waals surface area contributed by atoms with Crippen molar-refractivity contribution in [2.24, 2.45) is 17.8 Å². The summed E-state index contributed by atoms with van der Waals surface area (Å²) >= 11 is 0. The maximum absolute atomic E-state index is 12.2. The standard InChI is InChI=1S/C15H24N2O2/c1-10(2)15(19)16-7-11-6-12(9-16)13-4-3-5-14(18)17(13)8-11/h10-13H,3-9H2,1-2H3/t11?,12-,13+/m1/s1. The van der Waals surface area contributed by atoms with Gasteiger partial charge in [0.15, 0.2) is 0 Å². The molecule has 3 aliphatic heterocycles. The molecule has 3 rings (SSSR count). The van der Waals surface area contributed by atoms with Gasteiger partial charge in [-0.1, -0.05) is 13.8 Å². The summed E-state index contributed by atoms with van der Waals surface area (Å²) in [6.45, 7) is 6.54. The van der Waals surface area contributed by atoms with Crippen molar-refractivity contribution in [3.8, 4) is 0 Å². The molecule has 0 N–H and O–H groups in total. The zero-order valence-corrected chi connectivity index (χ0v) is 12.0. The van der Waals surface area contributed by atoms with E-state index in [0.29, 0.717) is 23.8 Å². The predicted molar refractivity (Wildman–Crippen MR) is 72.4 cm³/mol. The molecule has 106 valence electrons. The molecule has 3 saturated heterocycles. The van der Waals surface area contributed by atoms with Crippen LogP contribution in [0.5, 0.6) is 0 Å². The van der Waals surface area contributed by atoms with E-state index in [2.05, 4.69) is 9.80 Å². The van der Waals surface area contributed by atoms with Crippen LogP contribution in [0.25, 0.3) is 0 Å². The molecule has 3 fully saturated rings. The van der Waals surface area contributed by atoms with Crippen molar-refractivity contribution in [1.29, 1.82) is 0 Å². The summed E-state index contributed by atoms with van der Waals surface area (Å²) in [6, 6.07) is 0.403. The lowest BCUT2D eigenvalue weighted by atomic mass is 9.76. The molecule has 0 aromatic rings. The van der Waals surface area contributed by atoms with E-state index in [1.807, 2.05) is 13.8 Å². The highest BCUT2D eigenvalue weighted by Gasteiger charge is 2.44. The normalized spacial score (nSPS) is 34.5. The first kappa shape index (κ1) is 12.9. The number of hydrogen-bond donors (Lipinski definition) is 0. The fraction of sp³-hybridized carbons (Fsp3) is 0.867. The second-order valence-corrected chi connectivity index (χ2v) is 6.77. The van der Waals surface area contributed by atoms with Crippen molar-refractivity contribution < 1.29 is 9.59 Å². The largest absolute Gasteiger partial charge is 0.342 e. The molecular formula is C15H24N2O2. The van der Waals surface area contributed by atoms with E-state index in [9.17, 15) is 9.59 Å². The minimum absolute atomic E-state index is 0.0860. The quantitative estimate of drug-likeness (QED) is 0.720. The van der Waals surface area contributed by atoms with E-state index in [0.717, 1.165) is 38.9 Å². The Morgan fingerprint density at radius 3 is 2.79 bits per heavy atom. The minimum atomic E-state index is 0.0860. The maximum Gasteiger partial charge on any atom is 0.225 e. The summed E-state index contributed by atoms with van der Waals surface area (Å²) in [4.78, 5) is 28.4. The molecular weight excluding hydrogens is 240 g/mol. The second-order valence-electron chi connectivity index (χ2n) is 6.77. The predicted octanol–water partition coefficient (Wildman–Crippen LogP) is 1.50. The van der Waals surface area contributed by atoms with Gasteiger partial charge in [0.2, 0.25) is 11.8 Å². The Bertz CT molecular complexity index is 394. The molecule has 0 aromatic carbocycles. The van der Waals surface area contributed by atoms with Crippen LogP contribution in [0.3, 0.4) is 0 Å². The lowest BCUT2D eigenvalue weighted by molar-refractivity contribution is -0.149. The summed E-state index contributed by atoms with van der Waals surface area (Å²) in [7, 11) is 0. The highest BCUT2D eigenvalue weighted by atomic mass is 16.2. The van der Waals surface area contributed by atoms with Gasteiger partial charge < -0.3 is 9.80 Å². The first-order valence-corrected chi connectivity index (χ1v) is 7.64. The topological polar surface area (TPSA) is 40.6 Å². The molecule has 0 aromatic heterocycles. The fourth-order valence-corrected chi connectivity index (χ4v) is 4.16. The van der Waals surface area contributed by atoms with Gasteiger partial charge in [-0.2, -0.15) is 0 Å². The molecule has 0 radical (unpaired) electrons. The molecule has 4 heteroatoms. The summed E-state index contributed by atoms with van der Waals surface area (Å²) < 4.78 is 0.